The quantitative estimate of drug-likeness (QED) is 0.157. The topological polar surface area (TPSA) is 24.7 Å². The van der Waals surface area contributed by atoms with E-state index in [2.05, 4.69) is 99.5 Å². The first-order valence-corrected chi connectivity index (χ1v) is 14.5. The summed E-state index contributed by atoms with van der Waals surface area (Å²) in [6.07, 6.45) is 14.2. The Labute approximate surface area is 226 Å². The number of benzene rings is 3. The van der Waals surface area contributed by atoms with Gasteiger partial charge < -0.3 is 0 Å². The molecule has 0 N–H and O–H groups in total. The van der Waals surface area contributed by atoms with Crippen molar-refractivity contribution >= 4 is 11.8 Å². The van der Waals surface area contributed by atoms with Gasteiger partial charge >= 0.3 is 0 Å². The molecule has 37 heavy (non-hydrogen) atoms. The molecule has 3 aromatic rings. The normalized spacial score (nSPS) is 12.0. The van der Waals surface area contributed by atoms with E-state index in [9.17, 15) is 0 Å². The maximum absolute atomic E-state index is 4.70. The van der Waals surface area contributed by atoms with Gasteiger partial charge in [0.2, 0.25) is 0 Å². The molecule has 3 rings (SSSR count). The molecule has 0 amide bonds. The smallest absolute Gasteiger partial charge is 0.0862 e. The van der Waals surface area contributed by atoms with E-state index in [4.69, 9.17) is 5.11 Å². The van der Waals surface area contributed by atoms with E-state index in [0.717, 1.165) is 36.2 Å². The fraction of sp³-hybridized carbons (Fsp3) is 0.429. The van der Waals surface area contributed by atoms with Crippen LogP contribution < -0.4 is 0 Å². The van der Waals surface area contributed by atoms with Crippen LogP contribution in [0.4, 0.5) is 5.69 Å². The molecule has 0 saturated carbocycles. The number of allylic oxidation sites excluding steroid dienone is 1. The molecule has 2 heteroatoms. The lowest BCUT2D eigenvalue weighted by molar-refractivity contribution is 0.660. The number of hydrogen-bond acceptors (Lipinski definition) is 2. The van der Waals surface area contributed by atoms with E-state index in [0.29, 0.717) is 0 Å². The standard InChI is InChI=1S/C35H46N2/c1-6-10-12-16-20-34-30(9-4)25-33(26-32(34)17-11-7-2)37-36-27(5)23-28-21-22-29(8-3)35(24-28)31-18-14-13-15-19-31/h13-15,18-19,21-26H,6-12,16-17,20H2,1-5H3. The summed E-state index contributed by atoms with van der Waals surface area (Å²) in [5, 5.41) is 9.34. The summed E-state index contributed by atoms with van der Waals surface area (Å²) in [5.74, 6) is 0. The molecular weight excluding hydrogens is 448 g/mol. The summed E-state index contributed by atoms with van der Waals surface area (Å²) >= 11 is 0. The maximum atomic E-state index is 4.70. The first-order valence-electron chi connectivity index (χ1n) is 14.5. The molecule has 196 valence electrons. The number of rotatable bonds is 14. The van der Waals surface area contributed by atoms with E-state index in [1.54, 1.807) is 5.56 Å². The Bertz CT molecular complexity index is 1170. The van der Waals surface area contributed by atoms with Crippen molar-refractivity contribution in [1.29, 1.82) is 0 Å². The molecule has 0 spiro atoms. The number of azo groups is 1. The van der Waals surface area contributed by atoms with Gasteiger partial charge in [-0.05, 0) is 109 Å². The van der Waals surface area contributed by atoms with Gasteiger partial charge in [0.05, 0.1) is 11.4 Å². The van der Waals surface area contributed by atoms with E-state index < -0.39 is 0 Å². The molecule has 0 aliphatic carbocycles. The van der Waals surface area contributed by atoms with Gasteiger partial charge in [-0.25, -0.2) is 0 Å². The highest BCUT2D eigenvalue weighted by molar-refractivity contribution is 5.71. The van der Waals surface area contributed by atoms with Crippen LogP contribution in [-0.2, 0) is 25.7 Å². The van der Waals surface area contributed by atoms with Crippen LogP contribution in [0.1, 0.15) is 101 Å². The maximum Gasteiger partial charge on any atom is 0.0862 e. The number of nitrogens with zero attached hydrogens (tertiary/aromatic N) is 2. The van der Waals surface area contributed by atoms with Crippen molar-refractivity contribution in [3.8, 4) is 11.1 Å². The highest BCUT2D eigenvalue weighted by atomic mass is 15.1. The zero-order valence-electron chi connectivity index (χ0n) is 23.8. The van der Waals surface area contributed by atoms with E-state index in [-0.39, 0.29) is 0 Å². The third-order valence-electron chi connectivity index (χ3n) is 7.18. The van der Waals surface area contributed by atoms with Crippen molar-refractivity contribution in [2.45, 2.75) is 98.8 Å². The molecule has 0 bridgehead atoms. The zero-order chi connectivity index (χ0) is 26.5. The summed E-state index contributed by atoms with van der Waals surface area (Å²) in [7, 11) is 0. The third kappa shape index (κ3) is 8.52. The number of aryl methyl sites for hydroxylation is 3. The Morgan fingerprint density at radius 3 is 2.14 bits per heavy atom. The molecule has 0 unspecified atom stereocenters. The summed E-state index contributed by atoms with van der Waals surface area (Å²) in [4.78, 5) is 0. The fourth-order valence-electron chi connectivity index (χ4n) is 5.08. The largest absolute Gasteiger partial charge is 0.155 e. The molecule has 0 saturated heterocycles. The molecule has 0 heterocycles. The van der Waals surface area contributed by atoms with Gasteiger partial charge in [0.1, 0.15) is 0 Å². The van der Waals surface area contributed by atoms with Crippen LogP contribution in [0, 0.1) is 0 Å². The highest BCUT2D eigenvalue weighted by Crippen LogP contribution is 2.29. The lowest BCUT2D eigenvalue weighted by atomic mass is 9.91. The second-order valence-electron chi connectivity index (χ2n) is 10.1. The third-order valence-corrected chi connectivity index (χ3v) is 7.18. The minimum Gasteiger partial charge on any atom is -0.155 e. The van der Waals surface area contributed by atoms with Crippen molar-refractivity contribution in [2.24, 2.45) is 10.2 Å². The van der Waals surface area contributed by atoms with Crippen LogP contribution in [0.2, 0.25) is 0 Å². The number of hydrogen-bond donors (Lipinski definition) is 0. The average molecular weight is 495 g/mol. The Morgan fingerprint density at radius 2 is 1.43 bits per heavy atom. The van der Waals surface area contributed by atoms with Gasteiger partial charge in [0, 0.05) is 0 Å². The van der Waals surface area contributed by atoms with Gasteiger partial charge in [-0.2, -0.15) is 10.2 Å². The molecular formula is C35H46N2. The van der Waals surface area contributed by atoms with Crippen molar-refractivity contribution in [2.75, 3.05) is 0 Å². The van der Waals surface area contributed by atoms with Gasteiger partial charge in [-0.1, -0.05) is 95.8 Å². The Kier molecular flexibility index (Phi) is 11.8. The van der Waals surface area contributed by atoms with E-state index in [1.165, 1.54) is 72.8 Å². The van der Waals surface area contributed by atoms with Crippen LogP contribution >= 0.6 is 0 Å². The second kappa shape index (κ2) is 15.3. The van der Waals surface area contributed by atoms with Gasteiger partial charge in [-0.15, -0.1) is 0 Å². The summed E-state index contributed by atoms with van der Waals surface area (Å²) in [6, 6.07) is 21.9. The van der Waals surface area contributed by atoms with Crippen LogP contribution in [0.5, 0.6) is 0 Å². The van der Waals surface area contributed by atoms with Gasteiger partial charge in [0.25, 0.3) is 0 Å². The monoisotopic (exact) mass is 494 g/mol. The van der Waals surface area contributed by atoms with Crippen molar-refractivity contribution < 1.29 is 0 Å². The lowest BCUT2D eigenvalue weighted by Gasteiger charge is -2.15. The van der Waals surface area contributed by atoms with Crippen molar-refractivity contribution in [1.82, 2.24) is 0 Å². The molecule has 0 aliphatic heterocycles. The Balaban J connectivity index is 1.85. The first-order chi connectivity index (χ1) is 18.1. The highest BCUT2D eigenvalue weighted by Gasteiger charge is 2.10. The molecule has 0 aliphatic rings. The molecule has 3 aromatic carbocycles. The van der Waals surface area contributed by atoms with E-state index >= 15 is 0 Å². The minimum atomic E-state index is 0.917. The van der Waals surface area contributed by atoms with Crippen LogP contribution in [0.15, 0.2) is 76.6 Å². The zero-order valence-corrected chi connectivity index (χ0v) is 23.8. The molecule has 0 atom stereocenters. The summed E-state index contributed by atoms with van der Waals surface area (Å²) < 4.78 is 0. The van der Waals surface area contributed by atoms with Crippen LogP contribution in [0.25, 0.3) is 17.2 Å². The summed E-state index contributed by atoms with van der Waals surface area (Å²) in [5.41, 5.74) is 11.5. The first kappa shape index (κ1) is 28.6. The molecule has 0 radical (unpaired) electrons. The molecule has 0 fully saturated rings. The van der Waals surface area contributed by atoms with Crippen molar-refractivity contribution in [3.63, 3.8) is 0 Å². The fourth-order valence-corrected chi connectivity index (χ4v) is 5.08. The SMILES string of the molecule is CCCCCCc1c(CC)cc(N=NC(C)=Cc2ccc(CC)c(-c3ccccc3)c2)cc1CCCC. The average Bonchev–Trinajstić information content (AvgIpc) is 2.93. The Morgan fingerprint density at radius 1 is 0.703 bits per heavy atom. The Hall–Kier alpha value is -3.00. The predicted molar refractivity (Wildman–Crippen MR) is 162 cm³/mol. The molecule has 2 nitrogen and oxygen atoms in total. The van der Waals surface area contributed by atoms with Gasteiger partial charge in [-0.3, -0.25) is 0 Å². The van der Waals surface area contributed by atoms with Crippen LogP contribution in [0.3, 0.4) is 0 Å². The lowest BCUT2D eigenvalue weighted by Crippen LogP contribution is -2.01. The van der Waals surface area contributed by atoms with E-state index in [1.807, 2.05) is 6.92 Å². The second-order valence-corrected chi connectivity index (χ2v) is 10.1. The van der Waals surface area contributed by atoms with Crippen molar-refractivity contribution in [3.05, 3.63) is 94.2 Å². The summed E-state index contributed by atoms with van der Waals surface area (Å²) in [6.45, 7) is 11.1. The van der Waals surface area contributed by atoms with Crippen LogP contribution in [-0.4, -0.2) is 0 Å². The number of unbranched alkanes of at least 4 members (excludes halogenated alkanes) is 4. The molecule has 0 aromatic heterocycles. The predicted octanol–water partition coefficient (Wildman–Crippen LogP) is 11.1. The van der Waals surface area contributed by atoms with Gasteiger partial charge in [0.15, 0.2) is 0 Å². The minimum absolute atomic E-state index is 0.917.